The number of carbonyl (C=O) groups excluding carboxylic acids is 2. The van der Waals surface area contributed by atoms with Gasteiger partial charge in [0.15, 0.2) is 0 Å². The smallest absolute Gasteiger partial charge is 0.265 e. The molecule has 2 aromatic rings. The van der Waals surface area contributed by atoms with Gasteiger partial charge in [-0.05, 0) is 66.7 Å². The molecule has 1 heterocycles. The van der Waals surface area contributed by atoms with Gasteiger partial charge in [-0.2, -0.15) is 0 Å². The van der Waals surface area contributed by atoms with E-state index >= 15 is 0 Å². The minimum Gasteiger partial charge on any atom is -0.326 e. The average Bonchev–Trinajstić information content (AvgIpc) is 3.33. The summed E-state index contributed by atoms with van der Waals surface area (Å²) in [7, 11) is 0. The van der Waals surface area contributed by atoms with Gasteiger partial charge in [0.25, 0.3) is 5.91 Å². The van der Waals surface area contributed by atoms with E-state index in [4.69, 9.17) is 0 Å². The van der Waals surface area contributed by atoms with E-state index in [1.165, 1.54) is 37.0 Å². The van der Waals surface area contributed by atoms with Crippen LogP contribution in [0.25, 0.3) is 0 Å². The van der Waals surface area contributed by atoms with E-state index in [1.807, 2.05) is 35.7 Å². The Morgan fingerprint density at radius 3 is 2.56 bits per heavy atom. The lowest BCUT2D eigenvalue weighted by atomic mass is 9.86. The molecule has 0 aliphatic heterocycles. The van der Waals surface area contributed by atoms with E-state index in [0.29, 0.717) is 22.9 Å². The van der Waals surface area contributed by atoms with Crippen LogP contribution in [0.15, 0.2) is 41.8 Å². The third-order valence-corrected chi connectivity index (χ3v) is 6.35. The van der Waals surface area contributed by atoms with Crippen molar-refractivity contribution < 1.29 is 9.59 Å². The monoisotopic (exact) mass is 354 g/mol. The molecule has 0 spiro atoms. The van der Waals surface area contributed by atoms with Gasteiger partial charge in [-0.25, -0.2) is 0 Å². The molecule has 25 heavy (non-hydrogen) atoms. The van der Waals surface area contributed by atoms with Gasteiger partial charge in [0.1, 0.15) is 0 Å². The molecule has 3 atom stereocenters. The number of benzene rings is 1. The minimum absolute atomic E-state index is 0.0827. The Hall–Kier alpha value is -2.14. The van der Waals surface area contributed by atoms with Crippen LogP contribution in [0.1, 0.15) is 41.8 Å². The third-order valence-electron chi connectivity index (χ3n) is 5.48. The van der Waals surface area contributed by atoms with Crippen molar-refractivity contribution >= 4 is 34.5 Å². The number of amides is 2. The van der Waals surface area contributed by atoms with Gasteiger partial charge in [0, 0.05) is 17.8 Å². The summed E-state index contributed by atoms with van der Waals surface area (Å²) in [5, 5.41) is 7.74. The van der Waals surface area contributed by atoms with E-state index in [-0.39, 0.29) is 11.8 Å². The van der Waals surface area contributed by atoms with Crippen molar-refractivity contribution in [1.82, 2.24) is 0 Å². The van der Waals surface area contributed by atoms with Crippen molar-refractivity contribution in [3.05, 3.63) is 46.7 Å². The molecule has 2 bridgehead atoms. The maximum atomic E-state index is 12.4. The summed E-state index contributed by atoms with van der Waals surface area (Å²) in [5.41, 5.74) is 1.42. The fourth-order valence-electron chi connectivity index (χ4n) is 4.35. The van der Waals surface area contributed by atoms with Gasteiger partial charge < -0.3 is 10.6 Å². The Labute approximate surface area is 151 Å². The fourth-order valence-corrected chi connectivity index (χ4v) is 4.97. The highest BCUT2D eigenvalue weighted by atomic mass is 32.1. The van der Waals surface area contributed by atoms with E-state index in [9.17, 15) is 9.59 Å². The van der Waals surface area contributed by atoms with Crippen LogP contribution in [0.4, 0.5) is 11.4 Å². The van der Waals surface area contributed by atoms with Crippen LogP contribution in [-0.4, -0.2) is 11.8 Å². The van der Waals surface area contributed by atoms with Crippen LogP contribution in [0.3, 0.4) is 0 Å². The molecule has 2 aliphatic carbocycles. The molecule has 4 nitrogen and oxygen atoms in total. The number of rotatable bonds is 5. The molecule has 2 aliphatic rings. The first-order valence-electron chi connectivity index (χ1n) is 8.92. The number of fused-ring (bicyclic) bond motifs is 2. The highest BCUT2D eigenvalue weighted by Gasteiger charge is 2.40. The normalized spacial score (nSPS) is 24.2. The van der Waals surface area contributed by atoms with Crippen LogP contribution in [0.2, 0.25) is 0 Å². The zero-order valence-corrected chi connectivity index (χ0v) is 14.9. The lowest BCUT2D eigenvalue weighted by Crippen LogP contribution is -2.20. The van der Waals surface area contributed by atoms with Gasteiger partial charge in [-0.1, -0.05) is 18.6 Å². The van der Waals surface area contributed by atoms with Gasteiger partial charge >= 0.3 is 0 Å². The zero-order chi connectivity index (χ0) is 17.2. The summed E-state index contributed by atoms with van der Waals surface area (Å²) >= 11 is 1.41. The number of anilines is 2. The predicted molar refractivity (Wildman–Crippen MR) is 101 cm³/mol. The molecule has 1 aromatic heterocycles. The van der Waals surface area contributed by atoms with Crippen LogP contribution >= 0.6 is 11.3 Å². The molecule has 0 radical (unpaired) electrons. The van der Waals surface area contributed by atoms with Gasteiger partial charge in [0.05, 0.1) is 4.88 Å². The van der Waals surface area contributed by atoms with Crippen molar-refractivity contribution in [2.75, 3.05) is 10.6 Å². The lowest BCUT2D eigenvalue weighted by Gasteiger charge is -2.21. The summed E-state index contributed by atoms with van der Waals surface area (Å²) < 4.78 is 0. The maximum absolute atomic E-state index is 12.4. The van der Waals surface area contributed by atoms with Crippen LogP contribution in [-0.2, 0) is 4.79 Å². The van der Waals surface area contributed by atoms with E-state index in [2.05, 4.69) is 10.6 Å². The molecule has 0 saturated heterocycles. The number of carbonyl (C=O) groups is 2. The first kappa shape index (κ1) is 16.3. The molecule has 1 aromatic carbocycles. The summed E-state index contributed by atoms with van der Waals surface area (Å²) in [6.45, 7) is 0. The van der Waals surface area contributed by atoms with E-state index < -0.39 is 0 Å². The Bertz CT molecular complexity index is 772. The Balaban J connectivity index is 1.34. The molecule has 5 heteroatoms. The first-order chi connectivity index (χ1) is 12.2. The Morgan fingerprint density at radius 2 is 1.88 bits per heavy atom. The Kier molecular flexibility index (Phi) is 4.57. The number of nitrogens with one attached hydrogen (secondary N) is 2. The Morgan fingerprint density at radius 1 is 1.04 bits per heavy atom. The molecule has 4 rings (SSSR count). The largest absolute Gasteiger partial charge is 0.326 e. The van der Waals surface area contributed by atoms with Gasteiger partial charge in [0.2, 0.25) is 5.91 Å². The average molecular weight is 354 g/mol. The van der Waals surface area contributed by atoms with Crippen molar-refractivity contribution in [1.29, 1.82) is 0 Å². The maximum Gasteiger partial charge on any atom is 0.265 e. The van der Waals surface area contributed by atoms with E-state index in [1.54, 1.807) is 6.07 Å². The standard InChI is InChI=1S/C20H22N2O2S/c23-19(11-15-10-13-6-7-14(15)9-13)21-16-3-1-4-17(12-16)22-20(24)18-5-2-8-25-18/h1-5,8,12-15H,6-7,9-11H2,(H,21,23)(H,22,24). The van der Waals surface area contributed by atoms with Crippen LogP contribution < -0.4 is 10.6 Å². The lowest BCUT2D eigenvalue weighted by molar-refractivity contribution is -0.117. The number of hydrogen-bond donors (Lipinski definition) is 2. The fraction of sp³-hybridized carbons (Fsp3) is 0.400. The molecule has 2 amide bonds. The highest BCUT2D eigenvalue weighted by Crippen LogP contribution is 2.49. The van der Waals surface area contributed by atoms with Crippen molar-refractivity contribution in [2.24, 2.45) is 17.8 Å². The molecular weight excluding hydrogens is 332 g/mol. The highest BCUT2D eigenvalue weighted by molar-refractivity contribution is 7.12. The topological polar surface area (TPSA) is 58.2 Å². The van der Waals surface area contributed by atoms with Crippen molar-refractivity contribution in [3.8, 4) is 0 Å². The summed E-state index contributed by atoms with van der Waals surface area (Å²) in [4.78, 5) is 25.2. The minimum atomic E-state index is -0.125. The summed E-state index contributed by atoms with van der Waals surface area (Å²) in [5.74, 6) is 2.13. The quantitative estimate of drug-likeness (QED) is 0.813. The second-order valence-electron chi connectivity index (χ2n) is 7.20. The van der Waals surface area contributed by atoms with Gasteiger partial charge in [-0.3, -0.25) is 9.59 Å². The van der Waals surface area contributed by atoms with E-state index in [0.717, 1.165) is 17.5 Å². The first-order valence-corrected chi connectivity index (χ1v) is 9.80. The van der Waals surface area contributed by atoms with Crippen LogP contribution in [0, 0.1) is 17.8 Å². The molecule has 130 valence electrons. The third kappa shape index (κ3) is 3.76. The number of hydrogen-bond acceptors (Lipinski definition) is 3. The van der Waals surface area contributed by atoms with Crippen molar-refractivity contribution in [3.63, 3.8) is 0 Å². The van der Waals surface area contributed by atoms with Crippen LogP contribution in [0.5, 0.6) is 0 Å². The molecule has 2 N–H and O–H groups in total. The molecule has 2 fully saturated rings. The molecule has 3 unspecified atom stereocenters. The predicted octanol–water partition coefficient (Wildman–Crippen LogP) is 4.77. The SMILES string of the molecule is O=C(CC1CC2CCC1C2)Nc1cccc(NC(=O)c2cccs2)c1. The summed E-state index contributed by atoms with van der Waals surface area (Å²) in [6.07, 6.45) is 5.81. The zero-order valence-electron chi connectivity index (χ0n) is 14.0. The second kappa shape index (κ2) is 7.00. The molecular formula is C20H22N2O2S. The van der Waals surface area contributed by atoms with Crippen molar-refractivity contribution in [2.45, 2.75) is 32.1 Å². The van der Waals surface area contributed by atoms with Gasteiger partial charge in [-0.15, -0.1) is 11.3 Å². The second-order valence-corrected chi connectivity index (χ2v) is 8.15. The number of thiophene rings is 1. The molecule has 2 saturated carbocycles. The summed E-state index contributed by atoms with van der Waals surface area (Å²) in [6, 6.07) is 11.0.